The zero-order valence-electron chi connectivity index (χ0n) is 10.4. The molecule has 0 aliphatic carbocycles. The van der Waals surface area contributed by atoms with Gasteiger partial charge in [-0.2, -0.15) is 0 Å². The number of aryl methyl sites for hydroxylation is 1. The van der Waals surface area contributed by atoms with Gasteiger partial charge >= 0.3 is 5.97 Å². The van der Waals surface area contributed by atoms with Crippen LogP contribution in [0.15, 0.2) is 12.4 Å². The Balaban J connectivity index is 1.83. The molecule has 1 aromatic heterocycles. The van der Waals surface area contributed by atoms with E-state index in [0.717, 1.165) is 38.3 Å². The first-order valence-corrected chi connectivity index (χ1v) is 5.97. The number of nitrogens with zero attached hydrogens (tertiary/aromatic N) is 3. The van der Waals surface area contributed by atoms with E-state index < -0.39 is 0 Å². The van der Waals surface area contributed by atoms with Crippen LogP contribution in [0.5, 0.6) is 0 Å². The smallest absolute Gasteiger partial charge is 0.308 e. The summed E-state index contributed by atoms with van der Waals surface area (Å²) < 4.78 is 6.81. The van der Waals surface area contributed by atoms with Crippen molar-refractivity contribution in [1.29, 1.82) is 0 Å². The number of piperidine rings is 1. The summed E-state index contributed by atoms with van der Waals surface area (Å²) in [5.41, 5.74) is 0. The average Bonchev–Trinajstić information content (AvgIpc) is 2.75. The van der Waals surface area contributed by atoms with Crippen molar-refractivity contribution < 1.29 is 9.53 Å². The number of ether oxygens (including phenoxy) is 1. The van der Waals surface area contributed by atoms with Crippen LogP contribution >= 0.6 is 0 Å². The summed E-state index contributed by atoms with van der Waals surface area (Å²) in [7, 11) is 3.46. The topological polar surface area (TPSA) is 47.4 Å². The number of rotatable bonds is 3. The molecule has 5 heteroatoms. The Morgan fingerprint density at radius 1 is 1.53 bits per heavy atom. The Morgan fingerprint density at radius 2 is 2.24 bits per heavy atom. The molecule has 94 valence electrons. The van der Waals surface area contributed by atoms with Crippen LogP contribution in [0.3, 0.4) is 0 Å². The minimum absolute atomic E-state index is 0.0679. The first-order valence-electron chi connectivity index (χ1n) is 5.97. The van der Waals surface area contributed by atoms with Crippen molar-refractivity contribution in [3.05, 3.63) is 18.2 Å². The number of aromatic nitrogens is 2. The Hall–Kier alpha value is -1.36. The van der Waals surface area contributed by atoms with E-state index in [-0.39, 0.29) is 11.9 Å². The summed E-state index contributed by atoms with van der Waals surface area (Å²) in [5, 5.41) is 0. The Morgan fingerprint density at radius 3 is 2.76 bits per heavy atom. The molecule has 0 atom stereocenters. The van der Waals surface area contributed by atoms with Gasteiger partial charge in [0.15, 0.2) is 0 Å². The molecule has 0 bridgehead atoms. The van der Waals surface area contributed by atoms with E-state index in [0.29, 0.717) is 0 Å². The van der Waals surface area contributed by atoms with Crippen molar-refractivity contribution in [2.75, 3.05) is 20.2 Å². The van der Waals surface area contributed by atoms with Crippen molar-refractivity contribution in [3.63, 3.8) is 0 Å². The molecule has 1 saturated heterocycles. The second kappa shape index (κ2) is 5.31. The summed E-state index contributed by atoms with van der Waals surface area (Å²) in [6, 6.07) is 0. The first-order chi connectivity index (χ1) is 8.20. The maximum Gasteiger partial charge on any atom is 0.308 e. The van der Waals surface area contributed by atoms with E-state index >= 15 is 0 Å². The Kier molecular flexibility index (Phi) is 3.78. The van der Waals surface area contributed by atoms with Crippen molar-refractivity contribution in [2.45, 2.75) is 19.4 Å². The molecular formula is C12H19N3O2. The number of hydrogen-bond acceptors (Lipinski definition) is 4. The molecule has 1 aliphatic heterocycles. The van der Waals surface area contributed by atoms with E-state index in [4.69, 9.17) is 4.74 Å². The average molecular weight is 237 g/mol. The highest BCUT2D eigenvalue weighted by Gasteiger charge is 2.25. The third-order valence-corrected chi connectivity index (χ3v) is 3.41. The zero-order valence-corrected chi connectivity index (χ0v) is 10.4. The monoisotopic (exact) mass is 237 g/mol. The normalized spacial score (nSPS) is 18.2. The molecule has 1 aliphatic rings. The van der Waals surface area contributed by atoms with Crippen LogP contribution in [0.4, 0.5) is 0 Å². The van der Waals surface area contributed by atoms with E-state index in [1.54, 1.807) is 0 Å². The fraction of sp³-hybridized carbons (Fsp3) is 0.667. The van der Waals surface area contributed by atoms with Crippen LogP contribution in [-0.4, -0.2) is 40.6 Å². The fourth-order valence-corrected chi connectivity index (χ4v) is 2.24. The number of likely N-dealkylation sites (tertiary alicyclic amines) is 1. The Bertz CT molecular complexity index is 381. The van der Waals surface area contributed by atoms with Gasteiger partial charge in [0.2, 0.25) is 0 Å². The highest BCUT2D eigenvalue weighted by atomic mass is 16.5. The lowest BCUT2D eigenvalue weighted by atomic mass is 9.97. The molecule has 1 aromatic rings. The molecule has 0 aromatic carbocycles. The summed E-state index contributed by atoms with van der Waals surface area (Å²) >= 11 is 0. The Labute approximate surface area is 101 Å². The number of imidazole rings is 1. The number of esters is 1. The number of carbonyl (C=O) groups excluding carboxylic acids is 1. The fourth-order valence-electron chi connectivity index (χ4n) is 2.24. The predicted molar refractivity (Wildman–Crippen MR) is 63.2 cm³/mol. The highest BCUT2D eigenvalue weighted by molar-refractivity contribution is 5.72. The summed E-state index contributed by atoms with van der Waals surface area (Å²) in [6.45, 7) is 2.73. The quantitative estimate of drug-likeness (QED) is 0.730. The second-order valence-electron chi connectivity index (χ2n) is 4.53. The lowest BCUT2D eigenvalue weighted by Crippen LogP contribution is -2.36. The zero-order chi connectivity index (χ0) is 12.3. The van der Waals surface area contributed by atoms with Gasteiger partial charge in [0, 0.05) is 19.4 Å². The number of hydrogen-bond donors (Lipinski definition) is 0. The molecule has 0 unspecified atom stereocenters. The number of methoxy groups -OCH3 is 1. The molecule has 0 amide bonds. The predicted octanol–water partition coefficient (Wildman–Crippen LogP) is 0.805. The lowest BCUT2D eigenvalue weighted by Gasteiger charge is -2.30. The molecule has 0 saturated carbocycles. The molecule has 2 rings (SSSR count). The van der Waals surface area contributed by atoms with Crippen molar-refractivity contribution in [3.8, 4) is 0 Å². The molecule has 2 heterocycles. The van der Waals surface area contributed by atoms with Crippen LogP contribution in [0.2, 0.25) is 0 Å². The first kappa shape index (κ1) is 12.1. The second-order valence-corrected chi connectivity index (χ2v) is 4.53. The van der Waals surface area contributed by atoms with E-state index in [9.17, 15) is 4.79 Å². The van der Waals surface area contributed by atoms with Crippen LogP contribution in [0, 0.1) is 5.92 Å². The summed E-state index contributed by atoms with van der Waals surface area (Å²) in [6.07, 6.45) is 5.54. The maximum absolute atomic E-state index is 11.4. The van der Waals surface area contributed by atoms with Gasteiger partial charge in [0.05, 0.1) is 19.6 Å². The highest BCUT2D eigenvalue weighted by Crippen LogP contribution is 2.19. The third kappa shape index (κ3) is 2.85. The van der Waals surface area contributed by atoms with Crippen LogP contribution in [0.25, 0.3) is 0 Å². The molecular weight excluding hydrogens is 218 g/mol. The van der Waals surface area contributed by atoms with E-state index in [2.05, 4.69) is 9.88 Å². The van der Waals surface area contributed by atoms with Gasteiger partial charge in [-0.25, -0.2) is 4.98 Å². The van der Waals surface area contributed by atoms with E-state index in [1.165, 1.54) is 7.11 Å². The maximum atomic E-state index is 11.4. The van der Waals surface area contributed by atoms with Crippen molar-refractivity contribution in [1.82, 2.24) is 14.5 Å². The van der Waals surface area contributed by atoms with Gasteiger partial charge in [0.1, 0.15) is 5.82 Å². The molecule has 1 fully saturated rings. The lowest BCUT2D eigenvalue weighted by molar-refractivity contribution is -0.147. The SMILES string of the molecule is COC(=O)C1CCN(Cc2nccn2C)CC1. The van der Waals surface area contributed by atoms with Gasteiger partial charge in [-0.1, -0.05) is 0 Å². The van der Waals surface area contributed by atoms with Gasteiger partial charge in [-0.05, 0) is 25.9 Å². The van der Waals surface area contributed by atoms with Gasteiger partial charge in [-0.3, -0.25) is 9.69 Å². The molecule has 0 spiro atoms. The molecule has 17 heavy (non-hydrogen) atoms. The van der Waals surface area contributed by atoms with Gasteiger partial charge in [0.25, 0.3) is 0 Å². The minimum Gasteiger partial charge on any atom is -0.469 e. The van der Waals surface area contributed by atoms with Crippen molar-refractivity contribution >= 4 is 5.97 Å². The van der Waals surface area contributed by atoms with Gasteiger partial charge in [-0.15, -0.1) is 0 Å². The largest absolute Gasteiger partial charge is 0.469 e. The van der Waals surface area contributed by atoms with E-state index in [1.807, 2.05) is 24.0 Å². The summed E-state index contributed by atoms with van der Waals surface area (Å²) in [5.74, 6) is 1.08. The molecule has 0 N–H and O–H groups in total. The number of carbonyl (C=O) groups is 1. The van der Waals surface area contributed by atoms with Crippen LogP contribution in [0.1, 0.15) is 18.7 Å². The van der Waals surface area contributed by atoms with Gasteiger partial charge < -0.3 is 9.30 Å². The molecule has 5 nitrogen and oxygen atoms in total. The summed E-state index contributed by atoms with van der Waals surface area (Å²) in [4.78, 5) is 18.0. The van der Waals surface area contributed by atoms with Crippen LogP contribution < -0.4 is 0 Å². The standard InChI is InChI=1S/C12H19N3O2/c1-14-8-5-13-11(14)9-15-6-3-10(4-7-15)12(16)17-2/h5,8,10H,3-4,6-7,9H2,1-2H3. The molecule has 0 radical (unpaired) electrons. The van der Waals surface area contributed by atoms with Crippen LogP contribution in [-0.2, 0) is 23.1 Å². The minimum atomic E-state index is -0.0679. The third-order valence-electron chi connectivity index (χ3n) is 3.41. The van der Waals surface area contributed by atoms with Crippen molar-refractivity contribution in [2.24, 2.45) is 13.0 Å².